The average molecular weight is 319 g/mol. The summed E-state index contributed by atoms with van der Waals surface area (Å²) in [6.45, 7) is 0.884. The maximum absolute atomic E-state index is 13.3. The molecular formula is C16H18FN3O3. The largest absolute Gasteiger partial charge is 0.486 e. The summed E-state index contributed by atoms with van der Waals surface area (Å²) in [5, 5.41) is 6.93. The number of ether oxygens (including phenoxy) is 2. The van der Waals surface area contributed by atoms with Gasteiger partial charge in [0, 0.05) is 25.9 Å². The lowest BCUT2D eigenvalue weighted by Crippen LogP contribution is -2.51. The van der Waals surface area contributed by atoms with Gasteiger partial charge in [0.2, 0.25) is 0 Å². The number of carbonyl (C=O) groups is 1. The van der Waals surface area contributed by atoms with Crippen molar-refractivity contribution in [1.29, 1.82) is 0 Å². The molecule has 1 N–H and O–H groups in total. The number of nitrogens with zero attached hydrogens (tertiary/aromatic N) is 2. The molecule has 1 amide bonds. The van der Waals surface area contributed by atoms with Gasteiger partial charge in [-0.2, -0.15) is 5.10 Å². The lowest BCUT2D eigenvalue weighted by atomic mass is 10.1. The molecule has 0 saturated carbocycles. The van der Waals surface area contributed by atoms with Gasteiger partial charge in [-0.05, 0) is 18.6 Å². The minimum Gasteiger partial charge on any atom is -0.486 e. The highest BCUT2D eigenvalue weighted by molar-refractivity contribution is 5.93. The van der Waals surface area contributed by atoms with E-state index in [-0.39, 0.29) is 23.9 Å². The Morgan fingerprint density at radius 1 is 1.52 bits per heavy atom. The van der Waals surface area contributed by atoms with Crippen LogP contribution < -0.4 is 10.1 Å². The van der Waals surface area contributed by atoms with E-state index in [1.807, 2.05) is 0 Å². The van der Waals surface area contributed by atoms with Gasteiger partial charge in [-0.1, -0.05) is 6.07 Å². The van der Waals surface area contributed by atoms with Crippen molar-refractivity contribution in [3.63, 3.8) is 0 Å². The summed E-state index contributed by atoms with van der Waals surface area (Å²) in [5.41, 5.74) is 0.489. The maximum atomic E-state index is 13.3. The normalized spacial score (nSPS) is 21.0. The quantitative estimate of drug-likeness (QED) is 0.928. The summed E-state index contributed by atoms with van der Waals surface area (Å²) >= 11 is 0. The summed E-state index contributed by atoms with van der Waals surface area (Å²) in [5.74, 6) is -0.158. The van der Waals surface area contributed by atoms with Gasteiger partial charge in [0.25, 0.3) is 5.91 Å². The van der Waals surface area contributed by atoms with E-state index in [4.69, 9.17) is 9.47 Å². The molecule has 1 saturated heterocycles. The fourth-order valence-electron chi connectivity index (χ4n) is 2.50. The Labute approximate surface area is 133 Å². The highest BCUT2D eigenvalue weighted by Gasteiger charge is 2.29. The molecule has 0 radical (unpaired) electrons. The van der Waals surface area contributed by atoms with Crippen molar-refractivity contribution in [3.8, 4) is 5.75 Å². The van der Waals surface area contributed by atoms with Gasteiger partial charge in [0.1, 0.15) is 17.7 Å². The van der Waals surface area contributed by atoms with E-state index in [0.717, 1.165) is 0 Å². The number of carbonyl (C=O) groups excluding carboxylic acids is 1. The summed E-state index contributed by atoms with van der Waals surface area (Å²) < 4.78 is 26.0. The van der Waals surface area contributed by atoms with Crippen LogP contribution in [0.4, 0.5) is 4.39 Å². The van der Waals surface area contributed by atoms with Crippen LogP contribution >= 0.6 is 0 Å². The smallest absolute Gasteiger partial charge is 0.254 e. The SMILES string of the molecule is Cn1cc(C(=O)N[C@H]2CCOC[C@@H]2Oc2cccc(F)c2)cn1. The van der Waals surface area contributed by atoms with Crippen LogP contribution in [-0.4, -0.2) is 41.0 Å². The first-order chi connectivity index (χ1) is 11.1. The first-order valence-electron chi connectivity index (χ1n) is 7.41. The summed E-state index contributed by atoms with van der Waals surface area (Å²) in [6.07, 6.45) is 3.42. The Morgan fingerprint density at radius 2 is 2.39 bits per heavy atom. The third kappa shape index (κ3) is 3.87. The molecule has 6 nitrogen and oxygen atoms in total. The molecule has 1 aromatic heterocycles. The highest BCUT2D eigenvalue weighted by Crippen LogP contribution is 2.19. The molecule has 23 heavy (non-hydrogen) atoms. The van der Waals surface area contributed by atoms with Crippen molar-refractivity contribution >= 4 is 5.91 Å². The molecule has 1 fully saturated rings. The number of hydrogen-bond acceptors (Lipinski definition) is 4. The van der Waals surface area contributed by atoms with Gasteiger partial charge < -0.3 is 14.8 Å². The molecule has 0 spiro atoms. The first kappa shape index (κ1) is 15.5. The van der Waals surface area contributed by atoms with Crippen LogP contribution in [-0.2, 0) is 11.8 Å². The van der Waals surface area contributed by atoms with Crippen LogP contribution in [0, 0.1) is 5.82 Å². The molecule has 2 atom stereocenters. The number of aryl methyl sites for hydroxylation is 1. The molecule has 2 heterocycles. The van der Waals surface area contributed by atoms with Gasteiger partial charge in [-0.3, -0.25) is 9.48 Å². The number of benzene rings is 1. The van der Waals surface area contributed by atoms with Gasteiger partial charge in [0.05, 0.1) is 24.4 Å². The van der Waals surface area contributed by atoms with Crippen LogP contribution in [0.3, 0.4) is 0 Å². The Kier molecular flexibility index (Phi) is 4.57. The van der Waals surface area contributed by atoms with E-state index in [1.54, 1.807) is 30.1 Å². The molecule has 1 aliphatic heterocycles. The molecule has 122 valence electrons. The molecule has 0 aliphatic carbocycles. The predicted molar refractivity (Wildman–Crippen MR) is 80.7 cm³/mol. The highest BCUT2D eigenvalue weighted by atomic mass is 19.1. The van der Waals surface area contributed by atoms with E-state index >= 15 is 0 Å². The fraction of sp³-hybridized carbons (Fsp3) is 0.375. The molecule has 3 rings (SSSR count). The van der Waals surface area contributed by atoms with Crippen molar-refractivity contribution in [1.82, 2.24) is 15.1 Å². The van der Waals surface area contributed by atoms with Crippen molar-refractivity contribution in [2.45, 2.75) is 18.6 Å². The van der Waals surface area contributed by atoms with E-state index in [0.29, 0.717) is 30.9 Å². The second kappa shape index (κ2) is 6.78. The lowest BCUT2D eigenvalue weighted by Gasteiger charge is -2.32. The maximum Gasteiger partial charge on any atom is 0.254 e. The van der Waals surface area contributed by atoms with Crippen molar-refractivity contribution < 1.29 is 18.7 Å². The van der Waals surface area contributed by atoms with Crippen LogP contribution in [0.15, 0.2) is 36.7 Å². The van der Waals surface area contributed by atoms with E-state index in [1.165, 1.54) is 18.3 Å². The van der Waals surface area contributed by atoms with E-state index < -0.39 is 0 Å². The van der Waals surface area contributed by atoms with Gasteiger partial charge in [0.15, 0.2) is 0 Å². The second-order valence-electron chi connectivity index (χ2n) is 5.46. The molecular weight excluding hydrogens is 301 g/mol. The third-order valence-corrected chi connectivity index (χ3v) is 3.67. The Balaban J connectivity index is 1.67. The Morgan fingerprint density at radius 3 is 3.13 bits per heavy atom. The molecule has 1 aromatic carbocycles. The Hall–Kier alpha value is -2.41. The van der Waals surface area contributed by atoms with Crippen molar-refractivity contribution in [3.05, 3.63) is 48.0 Å². The van der Waals surface area contributed by atoms with Crippen LogP contribution in [0.1, 0.15) is 16.8 Å². The monoisotopic (exact) mass is 319 g/mol. The van der Waals surface area contributed by atoms with Gasteiger partial charge in [-0.15, -0.1) is 0 Å². The molecule has 7 heteroatoms. The molecule has 0 unspecified atom stereocenters. The number of hydrogen-bond donors (Lipinski definition) is 1. The van der Waals surface area contributed by atoms with Crippen LogP contribution in [0.5, 0.6) is 5.75 Å². The molecule has 0 bridgehead atoms. The number of rotatable bonds is 4. The van der Waals surface area contributed by atoms with E-state index in [9.17, 15) is 9.18 Å². The number of nitrogens with one attached hydrogen (secondary N) is 1. The minimum absolute atomic E-state index is 0.209. The summed E-state index contributed by atoms with van der Waals surface area (Å²) in [4.78, 5) is 12.3. The van der Waals surface area contributed by atoms with E-state index in [2.05, 4.69) is 10.4 Å². The van der Waals surface area contributed by atoms with Crippen LogP contribution in [0.2, 0.25) is 0 Å². The predicted octanol–water partition coefficient (Wildman–Crippen LogP) is 1.53. The number of amides is 1. The number of aromatic nitrogens is 2. The third-order valence-electron chi connectivity index (χ3n) is 3.67. The zero-order valence-corrected chi connectivity index (χ0v) is 12.7. The molecule has 2 aromatic rings. The Bertz CT molecular complexity index is 689. The van der Waals surface area contributed by atoms with Crippen molar-refractivity contribution in [2.24, 2.45) is 7.05 Å². The zero-order chi connectivity index (χ0) is 16.2. The summed E-state index contributed by atoms with van der Waals surface area (Å²) in [6, 6.07) is 5.72. The zero-order valence-electron chi connectivity index (χ0n) is 12.7. The fourth-order valence-corrected chi connectivity index (χ4v) is 2.50. The molecule has 1 aliphatic rings. The van der Waals surface area contributed by atoms with Gasteiger partial charge >= 0.3 is 0 Å². The number of halogens is 1. The average Bonchev–Trinajstić information content (AvgIpc) is 2.96. The first-order valence-corrected chi connectivity index (χ1v) is 7.41. The minimum atomic E-state index is -0.369. The van der Waals surface area contributed by atoms with Crippen LogP contribution in [0.25, 0.3) is 0 Å². The second-order valence-corrected chi connectivity index (χ2v) is 5.46. The topological polar surface area (TPSA) is 65.4 Å². The summed E-state index contributed by atoms with van der Waals surface area (Å²) in [7, 11) is 1.75. The standard InChI is InChI=1S/C16H18FN3O3/c1-20-9-11(8-18-20)16(21)19-14-5-6-22-10-15(14)23-13-4-2-3-12(17)7-13/h2-4,7-9,14-15H,5-6,10H2,1H3,(H,19,21)/t14-,15-/m0/s1. The van der Waals surface area contributed by atoms with Gasteiger partial charge in [-0.25, -0.2) is 4.39 Å². The lowest BCUT2D eigenvalue weighted by molar-refractivity contribution is -0.0136. The van der Waals surface area contributed by atoms with Crippen molar-refractivity contribution in [2.75, 3.05) is 13.2 Å².